The van der Waals surface area contributed by atoms with Crippen LogP contribution in [-0.4, -0.2) is 13.7 Å². The third-order valence-electron chi connectivity index (χ3n) is 4.12. The van der Waals surface area contributed by atoms with E-state index < -0.39 is 11.7 Å². The number of benzene rings is 2. The summed E-state index contributed by atoms with van der Waals surface area (Å²) in [4.78, 5) is 2.02. The number of hydrogen-bond donors (Lipinski definition) is 0. The van der Waals surface area contributed by atoms with E-state index in [1.807, 2.05) is 29.2 Å². The number of alkyl halides is 3. The van der Waals surface area contributed by atoms with Gasteiger partial charge in [0.25, 0.3) is 0 Å². The summed E-state index contributed by atoms with van der Waals surface area (Å²) in [5, 5.41) is 0. The van der Waals surface area contributed by atoms with Crippen LogP contribution in [0.3, 0.4) is 0 Å². The molecule has 0 unspecified atom stereocenters. The summed E-state index contributed by atoms with van der Waals surface area (Å²) in [5.74, 6) is 0.706. The van der Waals surface area contributed by atoms with E-state index in [-0.39, 0.29) is 0 Å². The molecule has 2 aromatic carbocycles. The number of nitrogens with zero attached hydrogens (tertiary/aromatic N) is 1. The molecular weight excluding hydrogens is 327 g/mol. The predicted octanol–water partition coefficient (Wildman–Crippen LogP) is 6.43. The fourth-order valence-corrected chi connectivity index (χ4v) is 2.77. The Morgan fingerprint density at radius 3 is 2.20 bits per heavy atom. The summed E-state index contributed by atoms with van der Waals surface area (Å²) in [6.45, 7) is 2.87. The highest BCUT2D eigenvalue weighted by molar-refractivity contribution is 5.69. The van der Waals surface area contributed by atoms with Crippen molar-refractivity contribution < 1.29 is 17.9 Å². The van der Waals surface area contributed by atoms with E-state index in [1.165, 1.54) is 12.1 Å². The fraction of sp³-hybridized carbons (Fsp3) is 0.400. The van der Waals surface area contributed by atoms with E-state index >= 15 is 0 Å². The Hall–Kier alpha value is -2.17. The van der Waals surface area contributed by atoms with Crippen LogP contribution in [0.15, 0.2) is 48.5 Å². The highest BCUT2D eigenvalue weighted by Gasteiger charge is 2.30. The van der Waals surface area contributed by atoms with Crippen molar-refractivity contribution in [3.8, 4) is 5.75 Å². The van der Waals surface area contributed by atoms with Gasteiger partial charge >= 0.3 is 6.18 Å². The van der Waals surface area contributed by atoms with Crippen molar-refractivity contribution in [2.45, 2.75) is 38.8 Å². The maximum atomic E-state index is 12.8. The summed E-state index contributed by atoms with van der Waals surface area (Å²) in [7, 11) is 1.60. The lowest BCUT2D eigenvalue weighted by molar-refractivity contribution is -0.137. The smallest absolute Gasteiger partial charge is 0.416 e. The zero-order valence-electron chi connectivity index (χ0n) is 14.6. The molecule has 0 amide bonds. The average Bonchev–Trinajstić information content (AvgIpc) is 2.61. The molecule has 25 heavy (non-hydrogen) atoms. The maximum Gasteiger partial charge on any atom is 0.416 e. The van der Waals surface area contributed by atoms with Crippen molar-refractivity contribution in [1.29, 1.82) is 0 Å². The summed E-state index contributed by atoms with van der Waals surface area (Å²) in [5.41, 5.74) is 0.956. The molecule has 0 saturated carbocycles. The molecule has 0 aromatic heterocycles. The van der Waals surface area contributed by atoms with Gasteiger partial charge in [-0.15, -0.1) is 0 Å². The molecule has 5 heteroatoms. The van der Waals surface area contributed by atoms with Crippen molar-refractivity contribution in [1.82, 2.24) is 0 Å². The second kappa shape index (κ2) is 8.79. The Kier molecular flexibility index (Phi) is 6.73. The molecule has 0 aliphatic rings. The zero-order valence-corrected chi connectivity index (χ0v) is 14.6. The summed E-state index contributed by atoms with van der Waals surface area (Å²) in [6, 6.07) is 12.9. The molecule has 0 aliphatic heterocycles. The van der Waals surface area contributed by atoms with Gasteiger partial charge in [0, 0.05) is 12.2 Å². The second-order valence-corrected chi connectivity index (χ2v) is 5.93. The van der Waals surface area contributed by atoms with E-state index in [0.717, 1.165) is 55.7 Å². The third kappa shape index (κ3) is 5.15. The summed E-state index contributed by atoms with van der Waals surface area (Å²) in [6.07, 6.45) is 0.00628. The first kappa shape index (κ1) is 19.2. The van der Waals surface area contributed by atoms with Crippen LogP contribution in [0.1, 0.15) is 38.2 Å². The molecule has 2 rings (SSSR count). The van der Waals surface area contributed by atoms with E-state index in [0.29, 0.717) is 5.75 Å². The Morgan fingerprint density at radius 1 is 0.920 bits per heavy atom. The molecule has 0 atom stereocenters. The van der Waals surface area contributed by atoms with Crippen LogP contribution in [0, 0.1) is 0 Å². The molecule has 0 bridgehead atoms. The van der Waals surface area contributed by atoms with Gasteiger partial charge in [0.15, 0.2) is 0 Å². The zero-order chi connectivity index (χ0) is 18.3. The number of rotatable bonds is 8. The molecule has 0 heterocycles. The van der Waals surface area contributed by atoms with Gasteiger partial charge in [-0.3, -0.25) is 0 Å². The van der Waals surface area contributed by atoms with Crippen LogP contribution in [-0.2, 0) is 6.18 Å². The van der Waals surface area contributed by atoms with E-state index in [2.05, 4.69) is 6.92 Å². The average molecular weight is 351 g/mol. The van der Waals surface area contributed by atoms with Gasteiger partial charge in [0.05, 0.1) is 18.4 Å². The molecule has 0 N–H and O–H groups in total. The van der Waals surface area contributed by atoms with Gasteiger partial charge in [0.1, 0.15) is 5.75 Å². The SMILES string of the molecule is CCCCCCN(c1ccc(C(F)(F)F)cc1)c1ccccc1OC. The molecule has 136 valence electrons. The first-order chi connectivity index (χ1) is 12.0. The van der Waals surface area contributed by atoms with Gasteiger partial charge in [-0.1, -0.05) is 38.3 Å². The topological polar surface area (TPSA) is 12.5 Å². The number of halogens is 3. The minimum absolute atomic E-state index is 0.637. The lowest BCUT2D eigenvalue weighted by Crippen LogP contribution is -2.19. The third-order valence-corrected chi connectivity index (χ3v) is 4.12. The van der Waals surface area contributed by atoms with Crippen molar-refractivity contribution in [2.24, 2.45) is 0 Å². The molecule has 0 radical (unpaired) electrons. The number of hydrogen-bond acceptors (Lipinski definition) is 2. The summed E-state index contributed by atoms with van der Waals surface area (Å²) >= 11 is 0. The number of unbranched alkanes of at least 4 members (excludes halogenated alkanes) is 3. The fourth-order valence-electron chi connectivity index (χ4n) is 2.77. The van der Waals surface area contributed by atoms with Crippen molar-refractivity contribution >= 4 is 11.4 Å². The molecule has 0 fully saturated rings. The Morgan fingerprint density at radius 2 is 1.60 bits per heavy atom. The van der Waals surface area contributed by atoms with Crippen LogP contribution < -0.4 is 9.64 Å². The van der Waals surface area contributed by atoms with Crippen LogP contribution in [0.25, 0.3) is 0 Å². The van der Waals surface area contributed by atoms with Gasteiger partial charge in [-0.25, -0.2) is 0 Å². The van der Waals surface area contributed by atoms with Crippen LogP contribution in [0.4, 0.5) is 24.5 Å². The van der Waals surface area contributed by atoms with Crippen LogP contribution in [0.5, 0.6) is 5.75 Å². The highest BCUT2D eigenvalue weighted by Crippen LogP contribution is 2.36. The van der Waals surface area contributed by atoms with Crippen molar-refractivity contribution in [3.05, 3.63) is 54.1 Å². The second-order valence-electron chi connectivity index (χ2n) is 5.93. The predicted molar refractivity (Wildman–Crippen MR) is 95.6 cm³/mol. The lowest BCUT2D eigenvalue weighted by atomic mass is 10.1. The van der Waals surface area contributed by atoms with E-state index in [1.54, 1.807) is 7.11 Å². The first-order valence-electron chi connectivity index (χ1n) is 8.55. The van der Waals surface area contributed by atoms with Gasteiger partial charge < -0.3 is 9.64 Å². The van der Waals surface area contributed by atoms with E-state index in [4.69, 9.17) is 4.74 Å². The molecule has 0 aliphatic carbocycles. The highest BCUT2D eigenvalue weighted by atomic mass is 19.4. The monoisotopic (exact) mass is 351 g/mol. The van der Waals surface area contributed by atoms with Crippen molar-refractivity contribution in [2.75, 3.05) is 18.6 Å². The minimum Gasteiger partial charge on any atom is -0.495 e. The maximum absolute atomic E-state index is 12.8. The molecule has 0 spiro atoms. The number of para-hydroxylation sites is 2. The van der Waals surface area contributed by atoms with Gasteiger partial charge in [0.2, 0.25) is 0 Å². The summed E-state index contributed by atoms with van der Waals surface area (Å²) < 4.78 is 43.9. The molecule has 2 nitrogen and oxygen atoms in total. The quantitative estimate of drug-likeness (QED) is 0.508. The Labute approximate surface area is 147 Å². The van der Waals surface area contributed by atoms with Gasteiger partial charge in [-0.05, 0) is 42.8 Å². The van der Waals surface area contributed by atoms with E-state index in [9.17, 15) is 13.2 Å². The van der Waals surface area contributed by atoms with Crippen LogP contribution >= 0.6 is 0 Å². The lowest BCUT2D eigenvalue weighted by Gasteiger charge is -2.27. The van der Waals surface area contributed by atoms with Crippen LogP contribution in [0.2, 0.25) is 0 Å². The standard InChI is InChI=1S/C20H24F3NO/c1-3-4-5-8-15-24(18-9-6-7-10-19(18)25-2)17-13-11-16(12-14-17)20(21,22)23/h6-7,9-14H,3-5,8,15H2,1-2H3. The first-order valence-corrected chi connectivity index (χ1v) is 8.55. The molecule has 2 aromatic rings. The number of methoxy groups -OCH3 is 1. The number of ether oxygens (including phenoxy) is 1. The largest absolute Gasteiger partial charge is 0.495 e. The van der Waals surface area contributed by atoms with Gasteiger partial charge in [-0.2, -0.15) is 13.2 Å². The molecule has 0 saturated heterocycles. The minimum atomic E-state index is -4.32. The normalized spacial score (nSPS) is 11.4. The number of anilines is 2. The molecular formula is C20H24F3NO. The van der Waals surface area contributed by atoms with Crippen molar-refractivity contribution in [3.63, 3.8) is 0 Å². The Balaban J connectivity index is 2.30. The Bertz CT molecular complexity index is 653.